The minimum atomic E-state index is -1.11. The molecular formula is C10H14FN3O. The zero-order valence-electron chi connectivity index (χ0n) is 8.83. The maximum atomic E-state index is 13.2. The van der Waals surface area contributed by atoms with Gasteiger partial charge in [0.1, 0.15) is 11.4 Å². The Labute approximate surface area is 87.5 Å². The Balaban J connectivity index is 1.92. The summed E-state index contributed by atoms with van der Waals surface area (Å²) >= 11 is 0. The predicted molar refractivity (Wildman–Crippen MR) is 53.2 cm³/mol. The average Bonchev–Trinajstić information content (AvgIpc) is 2.47. The molecule has 0 aliphatic heterocycles. The van der Waals surface area contributed by atoms with Crippen LogP contribution in [0.15, 0.2) is 12.5 Å². The molecule has 0 radical (unpaired) electrons. The number of aryl methyl sites for hydroxylation is 1. The fourth-order valence-electron chi connectivity index (χ4n) is 1.91. The van der Waals surface area contributed by atoms with Crippen molar-refractivity contribution in [2.24, 2.45) is 7.05 Å². The van der Waals surface area contributed by atoms with Gasteiger partial charge in [0.05, 0.1) is 12.5 Å². The number of hydrogen-bond donors (Lipinski definition) is 1. The largest absolute Gasteiger partial charge is 0.348 e. The number of nitrogens with zero attached hydrogens (tertiary/aromatic N) is 2. The van der Waals surface area contributed by atoms with Crippen LogP contribution < -0.4 is 5.32 Å². The quantitative estimate of drug-likeness (QED) is 0.794. The highest BCUT2D eigenvalue weighted by molar-refractivity contribution is 5.92. The van der Waals surface area contributed by atoms with Crippen LogP contribution in [0.4, 0.5) is 4.39 Å². The molecule has 1 aliphatic carbocycles. The number of amides is 1. The number of carbonyl (C=O) groups excluding carboxylic acids is 1. The van der Waals surface area contributed by atoms with Gasteiger partial charge >= 0.3 is 0 Å². The molecule has 1 amide bonds. The van der Waals surface area contributed by atoms with Crippen LogP contribution in [0.5, 0.6) is 0 Å². The highest BCUT2D eigenvalue weighted by atomic mass is 19.1. The topological polar surface area (TPSA) is 46.9 Å². The van der Waals surface area contributed by atoms with Crippen molar-refractivity contribution in [1.82, 2.24) is 14.9 Å². The van der Waals surface area contributed by atoms with Crippen molar-refractivity contribution in [3.05, 3.63) is 18.2 Å². The first kappa shape index (κ1) is 10.1. The fraction of sp³-hybridized carbons (Fsp3) is 0.600. The zero-order chi connectivity index (χ0) is 11.1. The van der Waals surface area contributed by atoms with E-state index in [2.05, 4.69) is 10.3 Å². The molecule has 5 heteroatoms. The van der Waals surface area contributed by atoms with Gasteiger partial charge in [-0.05, 0) is 6.92 Å². The van der Waals surface area contributed by atoms with Crippen LogP contribution >= 0.6 is 0 Å². The third kappa shape index (κ3) is 2.00. The van der Waals surface area contributed by atoms with Gasteiger partial charge in [0.2, 0.25) is 0 Å². The molecule has 1 aliphatic rings. The third-order valence-electron chi connectivity index (χ3n) is 2.73. The number of nitrogens with one attached hydrogen (secondary N) is 1. The van der Waals surface area contributed by atoms with Gasteiger partial charge in [0.15, 0.2) is 0 Å². The van der Waals surface area contributed by atoms with Crippen LogP contribution in [0.25, 0.3) is 0 Å². The number of halogens is 1. The van der Waals surface area contributed by atoms with Gasteiger partial charge < -0.3 is 9.88 Å². The second-order valence-corrected chi connectivity index (χ2v) is 4.38. The second kappa shape index (κ2) is 3.32. The second-order valence-electron chi connectivity index (χ2n) is 4.38. The number of alkyl halides is 1. The first-order chi connectivity index (χ1) is 6.98. The van der Waals surface area contributed by atoms with Crippen molar-refractivity contribution in [3.63, 3.8) is 0 Å². The van der Waals surface area contributed by atoms with Gasteiger partial charge in [-0.3, -0.25) is 4.79 Å². The third-order valence-corrected chi connectivity index (χ3v) is 2.73. The summed E-state index contributed by atoms with van der Waals surface area (Å²) in [6.07, 6.45) is 3.87. The molecule has 1 aromatic heterocycles. The van der Waals surface area contributed by atoms with E-state index >= 15 is 0 Å². The maximum Gasteiger partial charge on any atom is 0.269 e. The van der Waals surface area contributed by atoms with Crippen molar-refractivity contribution >= 4 is 5.91 Å². The summed E-state index contributed by atoms with van der Waals surface area (Å²) in [5, 5.41) is 2.78. The van der Waals surface area contributed by atoms with Gasteiger partial charge in [-0.25, -0.2) is 9.37 Å². The molecule has 4 nitrogen and oxygen atoms in total. The number of aromatic nitrogens is 2. The molecule has 2 rings (SSSR count). The van der Waals surface area contributed by atoms with Crippen LogP contribution in [0.2, 0.25) is 0 Å². The van der Waals surface area contributed by atoms with E-state index in [9.17, 15) is 9.18 Å². The fourth-order valence-corrected chi connectivity index (χ4v) is 1.91. The van der Waals surface area contributed by atoms with E-state index < -0.39 is 5.67 Å². The Morgan fingerprint density at radius 3 is 2.87 bits per heavy atom. The van der Waals surface area contributed by atoms with Crippen LogP contribution in [-0.2, 0) is 7.05 Å². The summed E-state index contributed by atoms with van der Waals surface area (Å²) < 4.78 is 14.8. The Bertz CT molecular complexity index is 378. The lowest BCUT2D eigenvalue weighted by Gasteiger charge is -2.38. The lowest BCUT2D eigenvalue weighted by atomic mass is 9.79. The van der Waals surface area contributed by atoms with E-state index in [0.29, 0.717) is 18.5 Å². The Morgan fingerprint density at radius 1 is 1.73 bits per heavy atom. The van der Waals surface area contributed by atoms with Gasteiger partial charge in [-0.1, -0.05) is 0 Å². The van der Waals surface area contributed by atoms with Crippen LogP contribution in [-0.4, -0.2) is 27.2 Å². The molecule has 0 bridgehead atoms. The minimum absolute atomic E-state index is 0.0394. The smallest absolute Gasteiger partial charge is 0.269 e. The summed E-state index contributed by atoms with van der Waals surface area (Å²) in [5.74, 6) is -0.185. The molecule has 1 N–H and O–H groups in total. The molecule has 82 valence electrons. The molecule has 0 atom stereocenters. The van der Waals surface area contributed by atoms with Crippen molar-refractivity contribution in [3.8, 4) is 0 Å². The minimum Gasteiger partial charge on any atom is -0.348 e. The predicted octanol–water partition coefficient (Wildman–Crippen LogP) is 1.04. The first-order valence-corrected chi connectivity index (χ1v) is 4.94. The summed E-state index contributed by atoms with van der Waals surface area (Å²) in [5.41, 5.74) is -0.604. The molecule has 1 aromatic rings. The molecule has 1 fully saturated rings. The van der Waals surface area contributed by atoms with E-state index in [4.69, 9.17) is 0 Å². The standard InChI is InChI=1S/C10H14FN3O/c1-10(11)3-7(4-10)13-9(15)8-5-12-6-14(8)2/h5-7H,3-4H2,1-2H3,(H,13,15). The summed E-state index contributed by atoms with van der Waals surface area (Å²) in [7, 11) is 1.75. The summed E-state index contributed by atoms with van der Waals surface area (Å²) in [6, 6.07) is -0.0394. The van der Waals surface area contributed by atoms with Gasteiger partial charge in [0.25, 0.3) is 5.91 Å². The van der Waals surface area contributed by atoms with E-state index in [1.165, 1.54) is 6.20 Å². The maximum absolute atomic E-state index is 13.2. The number of imidazole rings is 1. The van der Waals surface area contributed by atoms with Crippen LogP contribution in [0.1, 0.15) is 30.3 Å². The van der Waals surface area contributed by atoms with Crippen molar-refractivity contribution in [2.45, 2.75) is 31.5 Å². The van der Waals surface area contributed by atoms with E-state index in [1.54, 1.807) is 24.9 Å². The summed E-state index contributed by atoms with van der Waals surface area (Å²) in [4.78, 5) is 15.5. The molecule has 0 aromatic carbocycles. The Kier molecular flexibility index (Phi) is 2.25. The van der Waals surface area contributed by atoms with Crippen molar-refractivity contribution in [1.29, 1.82) is 0 Å². The highest BCUT2D eigenvalue weighted by Gasteiger charge is 2.41. The lowest BCUT2D eigenvalue weighted by molar-refractivity contribution is 0.0442. The normalized spacial score (nSPS) is 29.7. The number of carbonyl (C=O) groups is 1. The first-order valence-electron chi connectivity index (χ1n) is 4.94. The average molecular weight is 211 g/mol. The van der Waals surface area contributed by atoms with Crippen LogP contribution in [0.3, 0.4) is 0 Å². The molecule has 0 spiro atoms. The van der Waals surface area contributed by atoms with Crippen LogP contribution in [0, 0.1) is 0 Å². The lowest BCUT2D eigenvalue weighted by Crippen LogP contribution is -2.51. The SMILES string of the molecule is Cn1cncc1C(=O)NC1CC(C)(F)C1. The molecule has 1 saturated carbocycles. The zero-order valence-corrected chi connectivity index (χ0v) is 8.83. The van der Waals surface area contributed by atoms with E-state index in [0.717, 1.165) is 0 Å². The Morgan fingerprint density at radius 2 is 2.40 bits per heavy atom. The van der Waals surface area contributed by atoms with Gasteiger partial charge in [-0.15, -0.1) is 0 Å². The van der Waals surface area contributed by atoms with E-state index in [-0.39, 0.29) is 11.9 Å². The molecule has 0 unspecified atom stereocenters. The number of hydrogen-bond acceptors (Lipinski definition) is 2. The molecular weight excluding hydrogens is 197 g/mol. The molecule has 15 heavy (non-hydrogen) atoms. The van der Waals surface area contributed by atoms with Gasteiger partial charge in [-0.2, -0.15) is 0 Å². The summed E-state index contributed by atoms with van der Waals surface area (Å²) in [6.45, 7) is 1.56. The van der Waals surface area contributed by atoms with E-state index in [1.807, 2.05) is 0 Å². The van der Waals surface area contributed by atoms with Gasteiger partial charge in [0, 0.05) is 25.9 Å². The van der Waals surface area contributed by atoms with Crippen molar-refractivity contribution in [2.75, 3.05) is 0 Å². The molecule has 0 saturated heterocycles. The van der Waals surface area contributed by atoms with Crippen molar-refractivity contribution < 1.29 is 9.18 Å². The Hall–Kier alpha value is -1.39. The number of rotatable bonds is 2. The molecule has 1 heterocycles. The highest BCUT2D eigenvalue weighted by Crippen LogP contribution is 2.35. The monoisotopic (exact) mass is 211 g/mol.